The van der Waals surface area contributed by atoms with Gasteiger partial charge < -0.3 is 10.1 Å². The summed E-state index contributed by atoms with van der Waals surface area (Å²) in [5.74, 6) is -0.976. The van der Waals surface area contributed by atoms with Gasteiger partial charge in [-0.25, -0.2) is 9.67 Å². The minimum Gasteiger partial charge on any atom is -0.469 e. The molecule has 1 aromatic heterocycles. The van der Waals surface area contributed by atoms with Crippen LogP contribution in [-0.2, 0) is 27.0 Å². The Labute approximate surface area is 188 Å². The van der Waals surface area contributed by atoms with Gasteiger partial charge in [0, 0.05) is 13.1 Å². The molecule has 3 rings (SSSR count). The summed E-state index contributed by atoms with van der Waals surface area (Å²) in [7, 11) is 1.27. The van der Waals surface area contributed by atoms with Gasteiger partial charge in [-0.1, -0.05) is 30.3 Å². The number of aromatic nitrogens is 3. The Bertz CT molecular complexity index is 1070. The van der Waals surface area contributed by atoms with Crippen LogP contribution in [0.1, 0.15) is 17.5 Å². The van der Waals surface area contributed by atoms with Crippen LogP contribution in [-0.4, -0.2) is 51.7 Å². The summed E-state index contributed by atoms with van der Waals surface area (Å²) < 4.78 is 45.7. The maximum absolute atomic E-state index is 13.2. The van der Waals surface area contributed by atoms with E-state index in [9.17, 15) is 22.8 Å². The van der Waals surface area contributed by atoms with E-state index >= 15 is 0 Å². The van der Waals surface area contributed by atoms with Gasteiger partial charge in [0.1, 0.15) is 12.7 Å². The number of anilines is 1. The van der Waals surface area contributed by atoms with Crippen LogP contribution in [0.15, 0.2) is 61.2 Å². The van der Waals surface area contributed by atoms with Crippen molar-refractivity contribution in [3.8, 4) is 5.69 Å². The Morgan fingerprint density at radius 3 is 2.55 bits per heavy atom. The number of methoxy groups -OCH3 is 1. The average molecular weight is 461 g/mol. The fraction of sp³-hybridized carbons (Fsp3) is 0.273. The van der Waals surface area contributed by atoms with E-state index in [1.54, 1.807) is 4.90 Å². The molecule has 0 radical (unpaired) electrons. The van der Waals surface area contributed by atoms with Crippen molar-refractivity contribution < 1.29 is 27.5 Å². The highest BCUT2D eigenvalue weighted by molar-refractivity contribution is 5.94. The molecule has 0 spiro atoms. The number of hydrogen-bond acceptors (Lipinski definition) is 6. The minimum absolute atomic E-state index is 0.0599. The van der Waals surface area contributed by atoms with E-state index in [4.69, 9.17) is 0 Å². The van der Waals surface area contributed by atoms with E-state index in [0.717, 1.165) is 17.7 Å². The molecule has 0 saturated carbocycles. The standard InChI is InChI=1S/C22H22F3N5O3/c1-33-21(32)9-10-29(12-16-5-3-2-4-6-16)13-20(31)28-18-11-17(22(23,24)25)7-8-19(18)30-15-26-14-27-30/h2-8,11,14-15H,9-10,12-13H2,1H3,(H,28,31). The lowest BCUT2D eigenvalue weighted by atomic mass is 10.1. The molecule has 0 aliphatic heterocycles. The first kappa shape index (κ1) is 23.9. The van der Waals surface area contributed by atoms with Crippen molar-refractivity contribution in [1.82, 2.24) is 19.7 Å². The van der Waals surface area contributed by atoms with Gasteiger partial charge in [-0.15, -0.1) is 0 Å². The van der Waals surface area contributed by atoms with Crippen LogP contribution in [0.3, 0.4) is 0 Å². The molecule has 33 heavy (non-hydrogen) atoms. The first-order valence-corrected chi connectivity index (χ1v) is 9.95. The monoisotopic (exact) mass is 461 g/mol. The lowest BCUT2D eigenvalue weighted by molar-refractivity contribution is -0.141. The highest BCUT2D eigenvalue weighted by Gasteiger charge is 2.31. The molecule has 1 N–H and O–H groups in total. The third kappa shape index (κ3) is 6.88. The van der Waals surface area contributed by atoms with Crippen molar-refractivity contribution in [2.45, 2.75) is 19.1 Å². The van der Waals surface area contributed by atoms with Crippen molar-refractivity contribution in [3.05, 3.63) is 72.3 Å². The van der Waals surface area contributed by atoms with Crippen LogP contribution in [0.4, 0.5) is 18.9 Å². The highest BCUT2D eigenvalue weighted by atomic mass is 19.4. The number of carbonyl (C=O) groups excluding carboxylic acids is 2. The lowest BCUT2D eigenvalue weighted by Gasteiger charge is -2.22. The molecule has 0 unspecified atom stereocenters. The van der Waals surface area contributed by atoms with Gasteiger partial charge in [0.2, 0.25) is 5.91 Å². The highest BCUT2D eigenvalue weighted by Crippen LogP contribution is 2.33. The third-order valence-electron chi connectivity index (χ3n) is 4.74. The number of halogens is 3. The largest absolute Gasteiger partial charge is 0.469 e. The molecular formula is C22H22F3N5O3. The van der Waals surface area contributed by atoms with Gasteiger partial charge in [0.15, 0.2) is 0 Å². The van der Waals surface area contributed by atoms with Gasteiger partial charge in [0.25, 0.3) is 0 Å². The molecule has 0 aliphatic carbocycles. The predicted octanol–water partition coefficient (Wildman–Crippen LogP) is 3.29. The van der Waals surface area contributed by atoms with E-state index in [-0.39, 0.29) is 30.9 Å². The van der Waals surface area contributed by atoms with Crippen molar-refractivity contribution in [2.75, 3.05) is 25.5 Å². The molecule has 1 amide bonds. The van der Waals surface area contributed by atoms with E-state index < -0.39 is 23.6 Å². The molecule has 2 aromatic carbocycles. The van der Waals surface area contributed by atoms with E-state index in [1.165, 1.54) is 30.5 Å². The Kier molecular flexibility index (Phi) is 7.78. The number of esters is 1. The maximum atomic E-state index is 13.2. The van der Waals surface area contributed by atoms with Gasteiger partial charge in [-0.05, 0) is 23.8 Å². The van der Waals surface area contributed by atoms with Crippen LogP contribution >= 0.6 is 0 Å². The predicted molar refractivity (Wildman–Crippen MR) is 113 cm³/mol. The molecule has 174 valence electrons. The number of amides is 1. The minimum atomic E-state index is -4.58. The van der Waals surface area contributed by atoms with Crippen molar-refractivity contribution in [3.63, 3.8) is 0 Å². The molecule has 3 aromatic rings. The average Bonchev–Trinajstić information content (AvgIpc) is 3.32. The van der Waals surface area contributed by atoms with Gasteiger partial charge >= 0.3 is 12.1 Å². The van der Waals surface area contributed by atoms with Crippen molar-refractivity contribution in [2.24, 2.45) is 0 Å². The molecule has 0 bridgehead atoms. The van der Waals surface area contributed by atoms with Crippen LogP contribution in [0.2, 0.25) is 0 Å². The number of hydrogen-bond donors (Lipinski definition) is 1. The summed E-state index contributed by atoms with van der Waals surface area (Å²) in [4.78, 5) is 29.9. The maximum Gasteiger partial charge on any atom is 0.416 e. The second kappa shape index (κ2) is 10.7. The molecule has 0 aliphatic rings. The first-order chi connectivity index (χ1) is 15.8. The summed E-state index contributed by atoms with van der Waals surface area (Å²) in [6.45, 7) is 0.441. The molecule has 1 heterocycles. The summed E-state index contributed by atoms with van der Waals surface area (Å²) in [6.07, 6.45) is -1.97. The van der Waals surface area contributed by atoms with Crippen LogP contribution in [0.5, 0.6) is 0 Å². The van der Waals surface area contributed by atoms with Crippen LogP contribution in [0.25, 0.3) is 5.69 Å². The second-order valence-electron chi connectivity index (χ2n) is 7.14. The third-order valence-corrected chi connectivity index (χ3v) is 4.74. The number of alkyl halides is 3. The normalized spacial score (nSPS) is 11.4. The number of nitrogens with one attached hydrogen (secondary N) is 1. The fourth-order valence-electron chi connectivity index (χ4n) is 3.14. The zero-order valence-corrected chi connectivity index (χ0v) is 17.7. The van der Waals surface area contributed by atoms with E-state index in [0.29, 0.717) is 6.54 Å². The summed E-state index contributed by atoms with van der Waals surface area (Å²) in [5, 5.41) is 6.48. The van der Waals surface area contributed by atoms with Gasteiger partial charge in [0.05, 0.1) is 37.0 Å². The van der Waals surface area contributed by atoms with Crippen molar-refractivity contribution >= 4 is 17.6 Å². The Balaban J connectivity index is 1.80. The smallest absolute Gasteiger partial charge is 0.416 e. The van der Waals surface area contributed by atoms with Crippen molar-refractivity contribution in [1.29, 1.82) is 0 Å². The molecule has 11 heteroatoms. The van der Waals surface area contributed by atoms with E-state index in [1.807, 2.05) is 30.3 Å². The lowest BCUT2D eigenvalue weighted by Crippen LogP contribution is -2.34. The molecule has 0 atom stereocenters. The number of carbonyl (C=O) groups is 2. The number of nitrogens with zero attached hydrogens (tertiary/aromatic N) is 4. The molecule has 0 saturated heterocycles. The van der Waals surface area contributed by atoms with Gasteiger partial charge in [-0.3, -0.25) is 14.5 Å². The Hall–Kier alpha value is -3.73. The quantitative estimate of drug-likeness (QED) is 0.492. The first-order valence-electron chi connectivity index (χ1n) is 9.95. The van der Waals surface area contributed by atoms with Crippen LogP contribution < -0.4 is 5.32 Å². The van der Waals surface area contributed by atoms with E-state index in [2.05, 4.69) is 20.1 Å². The molecular weight excluding hydrogens is 439 g/mol. The Morgan fingerprint density at radius 1 is 1.15 bits per heavy atom. The van der Waals surface area contributed by atoms with Crippen LogP contribution in [0, 0.1) is 0 Å². The fourth-order valence-corrected chi connectivity index (χ4v) is 3.14. The second-order valence-corrected chi connectivity index (χ2v) is 7.14. The van der Waals surface area contributed by atoms with Gasteiger partial charge in [-0.2, -0.15) is 18.3 Å². The molecule has 0 fully saturated rings. The summed E-state index contributed by atoms with van der Waals surface area (Å²) in [5.41, 5.74) is 0.178. The summed E-state index contributed by atoms with van der Waals surface area (Å²) >= 11 is 0. The number of rotatable bonds is 9. The topological polar surface area (TPSA) is 89.4 Å². The SMILES string of the molecule is COC(=O)CCN(CC(=O)Nc1cc(C(F)(F)F)ccc1-n1cncn1)Cc1ccccc1. The zero-order valence-electron chi connectivity index (χ0n) is 17.7. The number of ether oxygens (including phenoxy) is 1. The molecule has 8 nitrogen and oxygen atoms in total. The summed E-state index contributed by atoms with van der Waals surface area (Å²) in [6, 6.07) is 12.3. The Morgan fingerprint density at radius 2 is 1.91 bits per heavy atom. The number of benzene rings is 2. The zero-order chi connectivity index (χ0) is 23.8.